The summed E-state index contributed by atoms with van der Waals surface area (Å²) in [5.74, 6) is 1.61. The normalized spacial score (nSPS) is 13.7. The van der Waals surface area contributed by atoms with Crippen LogP contribution in [0.5, 0.6) is 5.75 Å². The minimum Gasteiger partial charge on any atom is -0.504 e. The molecule has 1 aromatic heterocycles. The molecule has 0 saturated carbocycles. The summed E-state index contributed by atoms with van der Waals surface area (Å²) in [5.41, 5.74) is 1.30. The lowest BCUT2D eigenvalue weighted by Gasteiger charge is -2.21. The maximum atomic E-state index is 12.6. The topological polar surface area (TPSA) is 132 Å². The number of sulfonamides is 1. The average molecular weight is 470 g/mol. The molecule has 1 aliphatic rings. The number of nitrogens with zero attached hydrogens (tertiary/aromatic N) is 3. The number of anilines is 5. The van der Waals surface area contributed by atoms with E-state index in [9.17, 15) is 13.5 Å². The molecule has 0 amide bonds. The van der Waals surface area contributed by atoms with E-state index in [4.69, 9.17) is 0 Å². The van der Waals surface area contributed by atoms with E-state index in [1.807, 2.05) is 30.3 Å². The second-order valence-corrected chi connectivity index (χ2v) is 9.85. The van der Waals surface area contributed by atoms with E-state index in [0.717, 1.165) is 16.3 Å². The van der Waals surface area contributed by atoms with Gasteiger partial charge in [0.25, 0.3) is 0 Å². The third kappa shape index (κ3) is 4.50. The Hall–Kier alpha value is -3.57. The molecule has 0 saturated heterocycles. The summed E-state index contributed by atoms with van der Waals surface area (Å²) < 4.78 is 26.2. The SMILES string of the molecule is CC[C@@H](Nc1nc2c(nc1Nc1cccc(S(=O)(=O)N(C)C)c1O)NCN2)c1ccccc1. The lowest BCUT2D eigenvalue weighted by molar-refractivity contribution is 0.454. The molecule has 1 aliphatic heterocycles. The second kappa shape index (κ2) is 9.12. The maximum Gasteiger partial charge on any atom is 0.246 e. The van der Waals surface area contributed by atoms with Crippen LogP contribution in [0.3, 0.4) is 0 Å². The summed E-state index contributed by atoms with van der Waals surface area (Å²) in [6.07, 6.45) is 0.801. The van der Waals surface area contributed by atoms with Crippen LogP contribution in [0.2, 0.25) is 0 Å². The molecule has 3 aromatic rings. The molecule has 174 valence electrons. The lowest BCUT2D eigenvalue weighted by Crippen LogP contribution is -2.22. The summed E-state index contributed by atoms with van der Waals surface area (Å²) in [4.78, 5) is 9.09. The number of benzene rings is 2. The molecule has 0 unspecified atom stereocenters. The molecule has 0 radical (unpaired) electrons. The van der Waals surface area contributed by atoms with Crippen LogP contribution in [-0.2, 0) is 10.0 Å². The van der Waals surface area contributed by atoms with Crippen molar-refractivity contribution >= 4 is 39.0 Å². The van der Waals surface area contributed by atoms with Gasteiger partial charge in [0.1, 0.15) is 4.90 Å². The Morgan fingerprint density at radius 1 is 1.03 bits per heavy atom. The molecule has 33 heavy (non-hydrogen) atoms. The number of rotatable bonds is 8. The highest BCUT2D eigenvalue weighted by atomic mass is 32.2. The third-order valence-electron chi connectivity index (χ3n) is 5.34. The van der Waals surface area contributed by atoms with Crippen molar-refractivity contribution in [2.45, 2.75) is 24.3 Å². The van der Waals surface area contributed by atoms with Gasteiger partial charge in [0, 0.05) is 14.1 Å². The van der Waals surface area contributed by atoms with Crippen molar-refractivity contribution < 1.29 is 13.5 Å². The molecule has 1 atom stereocenters. The summed E-state index contributed by atoms with van der Waals surface area (Å²) in [7, 11) is -1.01. The van der Waals surface area contributed by atoms with E-state index in [-0.39, 0.29) is 22.4 Å². The van der Waals surface area contributed by atoms with E-state index in [1.54, 1.807) is 12.1 Å². The summed E-state index contributed by atoms with van der Waals surface area (Å²) in [5, 5.41) is 23.5. The number of hydrogen-bond donors (Lipinski definition) is 5. The van der Waals surface area contributed by atoms with E-state index in [1.165, 1.54) is 20.2 Å². The van der Waals surface area contributed by atoms with Crippen molar-refractivity contribution in [1.82, 2.24) is 14.3 Å². The van der Waals surface area contributed by atoms with Crippen LogP contribution in [0.25, 0.3) is 0 Å². The van der Waals surface area contributed by atoms with Gasteiger partial charge in [-0.25, -0.2) is 22.7 Å². The molecule has 2 aromatic carbocycles. The molecule has 11 heteroatoms. The second-order valence-electron chi connectivity index (χ2n) is 7.73. The fourth-order valence-electron chi connectivity index (χ4n) is 3.51. The van der Waals surface area contributed by atoms with E-state index in [2.05, 4.69) is 38.2 Å². The highest BCUT2D eigenvalue weighted by Gasteiger charge is 2.25. The first-order valence-corrected chi connectivity index (χ1v) is 12.0. The van der Waals surface area contributed by atoms with Crippen LogP contribution in [0, 0.1) is 0 Å². The van der Waals surface area contributed by atoms with Gasteiger partial charge in [0.2, 0.25) is 10.0 Å². The van der Waals surface area contributed by atoms with E-state index < -0.39 is 10.0 Å². The summed E-state index contributed by atoms with van der Waals surface area (Å²) in [6.45, 7) is 2.57. The Labute approximate surface area is 193 Å². The van der Waals surface area contributed by atoms with Crippen LogP contribution in [0.1, 0.15) is 24.9 Å². The fraction of sp³-hybridized carbons (Fsp3) is 0.273. The van der Waals surface area contributed by atoms with Gasteiger partial charge in [-0.1, -0.05) is 43.3 Å². The third-order valence-corrected chi connectivity index (χ3v) is 7.19. The van der Waals surface area contributed by atoms with Crippen LogP contribution in [0.4, 0.5) is 29.0 Å². The molecular weight excluding hydrogens is 442 g/mol. The first-order valence-electron chi connectivity index (χ1n) is 10.5. The highest BCUT2D eigenvalue weighted by molar-refractivity contribution is 7.89. The molecule has 0 fully saturated rings. The van der Waals surface area contributed by atoms with Crippen LogP contribution in [0.15, 0.2) is 53.4 Å². The number of aromatic nitrogens is 2. The molecule has 0 bridgehead atoms. The highest BCUT2D eigenvalue weighted by Crippen LogP contribution is 2.37. The fourth-order valence-corrected chi connectivity index (χ4v) is 4.51. The number of hydrogen-bond acceptors (Lipinski definition) is 9. The van der Waals surface area contributed by atoms with Crippen molar-refractivity contribution in [2.24, 2.45) is 0 Å². The van der Waals surface area contributed by atoms with Crippen molar-refractivity contribution in [2.75, 3.05) is 42.0 Å². The number of fused-ring (bicyclic) bond motifs is 1. The Kier molecular flexibility index (Phi) is 6.25. The number of aromatic hydroxyl groups is 1. The monoisotopic (exact) mass is 469 g/mol. The Bertz CT molecular complexity index is 1250. The van der Waals surface area contributed by atoms with Crippen molar-refractivity contribution in [1.29, 1.82) is 0 Å². The van der Waals surface area contributed by atoms with Gasteiger partial charge < -0.3 is 26.4 Å². The minimum absolute atomic E-state index is 0.0255. The van der Waals surface area contributed by atoms with Crippen LogP contribution in [-0.4, -0.2) is 48.6 Å². The molecule has 5 N–H and O–H groups in total. The first kappa shape index (κ1) is 22.6. The smallest absolute Gasteiger partial charge is 0.246 e. The number of phenols is 1. The van der Waals surface area contributed by atoms with Crippen LogP contribution < -0.4 is 21.3 Å². The van der Waals surface area contributed by atoms with E-state index >= 15 is 0 Å². The zero-order chi connectivity index (χ0) is 23.6. The molecule has 10 nitrogen and oxygen atoms in total. The van der Waals surface area contributed by atoms with E-state index in [0.29, 0.717) is 29.9 Å². The Morgan fingerprint density at radius 3 is 2.33 bits per heavy atom. The molecular formula is C22H27N7O3S. The Balaban J connectivity index is 1.73. The van der Waals surface area contributed by atoms with Gasteiger partial charge in [-0.15, -0.1) is 0 Å². The maximum absolute atomic E-state index is 12.6. The quantitative estimate of drug-likeness (QED) is 0.314. The molecule has 0 aliphatic carbocycles. The number of para-hydroxylation sites is 1. The zero-order valence-corrected chi connectivity index (χ0v) is 19.4. The van der Waals surface area contributed by atoms with Gasteiger partial charge >= 0.3 is 0 Å². The standard InChI is InChI=1S/C22H27N7O3S/c1-4-15(14-9-6-5-7-10-14)25-21-22(28-20-19(27-21)23-13-24-20)26-16-11-8-12-17(18(16)30)33(31,32)29(2)3/h5-12,15,30H,4,13H2,1-3H3,(H2,23,25,27)(H2,24,26,28)/t15-/m1/s1. The van der Waals surface area contributed by atoms with Gasteiger partial charge in [-0.05, 0) is 24.1 Å². The minimum atomic E-state index is -3.83. The Morgan fingerprint density at radius 2 is 1.70 bits per heavy atom. The predicted molar refractivity (Wildman–Crippen MR) is 130 cm³/mol. The largest absolute Gasteiger partial charge is 0.504 e. The average Bonchev–Trinajstić information content (AvgIpc) is 3.26. The number of nitrogens with one attached hydrogen (secondary N) is 4. The molecule has 4 rings (SSSR count). The number of phenolic OH excluding ortho intramolecular Hbond substituents is 1. The van der Waals surface area contributed by atoms with Gasteiger partial charge in [0.15, 0.2) is 29.0 Å². The van der Waals surface area contributed by atoms with Gasteiger partial charge in [0.05, 0.1) is 18.4 Å². The van der Waals surface area contributed by atoms with Crippen molar-refractivity contribution in [3.05, 3.63) is 54.1 Å². The van der Waals surface area contributed by atoms with Gasteiger partial charge in [-0.2, -0.15) is 0 Å². The van der Waals surface area contributed by atoms with Crippen LogP contribution >= 0.6 is 0 Å². The van der Waals surface area contributed by atoms with Crippen molar-refractivity contribution in [3.63, 3.8) is 0 Å². The predicted octanol–water partition coefficient (Wildman–Crippen LogP) is 3.53. The first-order chi connectivity index (χ1) is 15.8. The molecule has 2 heterocycles. The zero-order valence-electron chi connectivity index (χ0n) is 18.6. The molecule has 0 spiro atoms. The summed E-state index contributed by atoms with van der Waals surface area (Å²) in [6, 6.07) is 14.5. The van der Waals surface area contributed by atoms with Gasteiger partial charge in [-0.3, -0.25) is 0 Å². The van der Waals surface area contributed by atoms with Crippen molar-refractivity contribution in [3.8, 4) is 5.75 Å². The summed E-state index contributed by atoms with van der Waals surface area (Å²) >= 11 is 0. The lowest BCUT2D eigenvalue weighted by atomic mass is 10.0.